The van der Waals surface area contributed by atoms with Crippen LogP contribution in [0.3, 0.4) is 0 Å². The largest absolute Gasteiger partial charge is 0.492 e. The molecule has 2 aliphatic rings. The number of likely N-dealkylation sites (tertiary alicyclic amines) is 1. The van der Waals surface area contributed by atoms with Crippen molar-refractivity contribution >= 4 is 24.0 Å². The molecule has 1 unspecified atom stereocenters. The van der Waals surface area contributed by atoms with Crippen LogP contribution >= 0.6 is 12.4 Å². The Morgan fingerprint density at radius 1 is 1.39 bits per heavy atom. The van der Waals surface area contributed by atoms with Gasteiger partial charge in [0, 0.05) is 13.1 Å². The van der Waals surface area contributed by atoms with Crippen LogP contribution in [0.2, 0.25) is 0 Å². The number of carbonyl (C=O) groups excluding carboxylic acids is 1. The molecule has 1 aromatic carbocycles. The maximum atomic E-state index is 12.3. The van der Waals surface area contributed by atoms with Crippen LogP contribution in [0.15, 0.2) is 24.3 Å². The van der Waals surface area contributed by atoms with E-state index in [9.17, 15) is 4.79 Å². The van der Waals surface area contributed by atoms with E-state index in [0.29, 0.717) is 18.6 Å². The van der Waals surface area contributed by atoms with Crippen LogP contribution in [-0.2, 0) is 4.79 Å². The second-order valence-electron chi connectivity index (χ2n) is 6.36. The summed E-state index contributed by atoms with van der Waals surface area (Å²) in [6.07, 6.45) is 2.43. The zero-order valence-electron chi connectivity index (χ0n) is 13.6. The third kappa shape index (κ3) is 4.37. The van der Waals surface area contributed by atoms with Crippen LogP contribution < -0.4 is 15.4 Å². The number of ether oxygens (including phenoxy) is 1. The Balaban J connectivity index is 0.00000192. The standard InChI is InChI=1S/C17H25N3O2.ClH/c1-2-22-15-6-4-3-5-14(15)19-16(21)11-20-10-8-17(13-20)7-9-18-12-17;/h3-6,18H,2,7-13H2,1H3,(H,19,21);1H. The number of rotatable bonds is 5. The number of anilines is 1. The van der Waals surface area contributed by atoms with Crippen molar-refractivity contribution in [1.82, 2.24) is 10.2 Å². The molecule has 0 aliphatic carbocycles. The van der Waals surface area contributed by atoms with Gasteiger partial charge in [-0.25, -0.2) is 0 Å². The topological polar surface area (TPSA) is 53.6 Å². The highest BCUT2D eigenvalue weighted by Gasteiger charge is 2.40. The molecule has 5 nitrogen and oxygen atoms in total. The monoisotopic (exact) mass is 339 g/mol. The normalized spacial score (nSPS) is 23.7. The first kappa shape index (κ1) is 18.0. The molecular formula is C17H26ClN3O2. The number of hydrogen-bond acceptors (Lipinski definition) is 4. The van der Waals surface area contributed by atoms with E-state index in [1.54, 1.807) is 0 Å². The maximum absolute atomic E-state index is 12.3. The lowest BCUT2D eigenvalue weighted by Gasteiger charge is -2.22. The lowest BCUT2D eigenvalue weighted by Crippen LogP contribution is -2.34. The molecule has 2 aliphatic heterocycles. The van der Waals surface area contributed by atoms with E-state index in [4.69, 9.17) is 4.74 Å². The van der Waals surface area contributed by atoms with E-state index >= 15 is 0 Å². The smallest absolute Gasteiger partial charge is 0.238 e. The fourth-order valence-electron chi connectivity index (χ4n) is 3.55. The number of amides is 1. The Labute approximate surface area is 144 Å². The summed E-state index contributed by atoms with van der Waals surface area (Å²) in [5, 5.41) is 6.43. The van der Waals surface area contributed by atoms with Crippen LogP contribution in [0.4, 0.5) is 5.69 Å². The highest BCUT2D eigenvalue weighted by molar-refractivity contribution is 5.93. The zero-order valence-corrected chi connectivity index (χ0v) is 14.5. The van der Waals surface area contributed by atoms with Crippen LogP contribution in [0.5, 0.6) is 5.75 Å². The van der Waals surface area contributed by atoms with Crippen LogP contribution in [0.25, 0.3) is 0 Å². The third-order valence-corrected chi connectivity index (χ3v) is 4.68. The summed E-state index contributed by atoms with van der Waals surface area (Å²) < 4.78 is 5.55. The molecule has 1 amide bonds. The number of halogens is 1. The molecule has 0 radical (unpaired) electrons. The lowest BCUT2D eigenvalue weighted by atomic mass is 9.87. The van der Waals surface area contributed by atoms with E-state index in [2.05, 4.69) is 15.5 Å². The molecule has 128 valence electrons. The van der Waals surface area contributed by atoms with Crippen molar-refractivity contribution in [2.75, 3.05) is 44.6 Å². The van der Waals surface area contributed by atoms with E-state index < -0.39 is 0 Å². The Hall–Kier alpha value is -1.30. The van der Waals surface area contributed by atoms with Gasteiger partial charge >= 0.3 is 0 Å². The van der Waals surface area contributed by atoms with Crippen molar-refractivity contribution in [2.24, 2.45) is 5.41 Å². The highest BCUT2D eigenvalue weighted by atomic mass is 35.5. The number of carbonyl (C=O) groups is 1. The van der Waals surface area contributed by atoms with Gasteiger partial charge in [-0.2, -0.15) is 0 Å². The molecule has 1 aromatic rings. The molecule has 1 atom stereocenters. The number of hydrogen-bond donors (Lipinski definition) is 2. The molecule has 2 fully saturated rings. The molecule has 0 bridgehead atoms. The van der Waals surface area contributed by atoms with Gasteiger partial charge in [-0.1, -0.05) is 12.1 Å². The van der Waals surface area contributed by atoms with E-state index in [-0.39, 0.29) is 18.3 Å². The van der Waals surface area contributed by atoms with E-state index in [1.807, 2.05) is 31.2 Å². The van der Waals surface area contributed by atoms with Crippen molar-refractivity contribution in [3.8, 4) is 5.75 Å². The summed E-state index contributed by atoms with van der Waals surface area (Å²) in [7, 11) is 0. The van der Waals surface area contributed by atoms with Gasteiger partial charge in [-0.3, -0.25) is 9.69 Å². The first-order valence-electron chi connectivity index (χ1n) is 8.15. The first-order chi connectivity index (χ1) is 10.7. The first-order valence-corrected chi connectivity index (χ1v) is 8.15. The van der Waals surface area contributed by atoms with Crippen LogP contribution in [-0.4, -0.2) is 50.1 Å². The zero-order chi connectivity index (χ0) is 15.4. The van der Waals surface area contributed by atoms with Crippen LogP contribution in [0, 0.1) is 5.41 Å². The molecular weight excluding hydrogens is 314 g/mol. The third-order valence-electron chi connectivity index (χ3n) is 4.68. The summed E-state index contributed by atoms with van der Waals surface area (Å²) in [5.74, 6) is 0.770. The minimum absolute atomic E-state index is 0. The molecule has 1 spiro atoms. The summed E-state index contributed by atoms with van der Waals surface area (Å²) in [6, 6.07) is 7.59. The van der Waals surface area contributed by atoms with Crippen molar-refractivity contribution in [3.63, 3.8) is 0 Å². The van der Waals surface area contributed by atoms with Gasteiger partial charge in [-0.05, 0) is 50.4 Å². The quantitative estimate of drug-likeness (QED) is 0.863. The molecule has 23 heavy (non-hydrogen) atoms. The predicted octanol–water partition coefficient (Wildman–Crippen LogP) is 2.13. The number of nitrogens with zero attached hydrogens (tertiary/aromatic N) is 1. The summed E-state index contributed by atoms with van der Waals surface area (Å²) in [6.45, 7) is 7.25. The maximum Gasteiger partial charge on any atom is 0.238 e. The molecule has 2 N–H and O–H groups in total. The lowest BCUT2D eigenvalue weighted by molar-refractivity contribution is -0.117. The molecule has 2 heterocycles. The summed E-state index contributed by atoms with van der Waals surface area (Å²) in [4.78, 5) is 14.6. The molecule has 3 rings (SSSR count). The highest BCUT2D eigenvalue weighted by Crippen LogP contribution is 2.35. The average Bonchev–Trinajstić information content (AvgIpc) is 3.12. The van der Waals surface area contributed by atoms with Gasteiger partial charge in [0.15, 0.2) is 0 Å². The number of nitrogens with one attached hydrogen (secondary N) is 2. The van der Waals surface area contributed by atoms with Crippen molar-refractivity contribution < 1.29 is 9.53 Å². The molecule has 2 saturated heterocycles. The predicted molar refractivity (Wildman–Crippen MR) is 94.5 cm³/mol. The molecule has 0 saturated carbocycles. The van der Waals surface area contributed by atoms with E-state index in [1.165, 1.54) is 12.8 Å². The fourth-order valence-corrected chi connectivity index (χ4v) is 3.55. The Morgan fingerprint density at radius 3 is 2.96 bits per heavy atom. The minimum Gasteiger partial charge on any atom is -0.492 e. The number of para-hydroxylation sites is 2. The summed E-state index contributed by atoms with van der Waals surface area (Å²) in [5.41, 5.74) is 1.16. The fraction of sp³-hybridized carbons (Fsp3) is 0.588. The van der Waals surface area contributed by atoms with Gasteiger partial charge in [-0.15, -0.1) is 12.4 Å². The van der Waals surface area contributed by atoms with Crippen molar-refractivity contribution in [3.05, 3.63) is 24.3 Å². The molecule has 0 aromatic heterocycles. The van der Waals surface area contributed by atoms with Crippen LogP contribution in [0.1, 0.15) is 19.8 Å². The molecule has 6 heteroatoms. The van der Waals surface area contributed by atoms with Gasteiger partial charge < -0.3 is 15.4 Å². The second kappa shape index (κ2) is 7.99. The van der Waals surface area contributed by atoms with Gasteiger partial charge in [0.05, 0.1) is 18.8 Å². The Morgan fingerprint density at radius 2 is 2.22 bits per heavy atom. The minimum atomic E-state index is 0. The average molecular weight is 340 g/mol. The number of benzene rings is 1. The van der Waals surface area contributed by atoms with Gasteiger partial charge in [0.1, 0.15) is 5.75 Å². The SMILES string of the molecule is CCOc1ccccc1NC(=O)CN1CCC2(CCNC2)C1.Cl. The Bertz CT molecular complexity index is 532. The van der Waals surface area contributed by atoms with E-state index in [0.717, 1.165) is 37.6 Å². The van der Waals surface area contributed by atoms with Crippen molar-refractivity contribution in [1.29, 1.82) is 0 Å². The second-order valence-corrected chi connectivity index (χ2v) is 6.36. The van der Waals surface area contributed by atoms with Gasteiger partial charge in [0.25, 0.3) is 0 Å². The van der Waals surface area contributed by atoms with Gasteiger partial charge in [0.2, 0.25) is 5.91 Å². The summed E-state index contributed by atoms with van der Waals surface area (Å²) >= 11 is 0. The Kier molecular flexibility index (Phi) is 6.27. The van der Waals surface area contributed by atoms with Crippen molar-refractivity contribution in [2.45, 2.75) is 19.8 Å².